The van der Waals surface area contributed by atoms with Crippen molar-refractivity contribution >= 4 is 5.91 Å². The first-order valence-electron chi connectivity index (χ1n) is 9.18. The lowest BCUT2D eigenvalue weighted by Gasteiger charge is -2.31. The zero-order chi connectivity index (χ0) is 16.2. The Morgan fingerprint density at radius 3 is 2.68 bits per heavy atom. The molecule has 1 aliphatic heterocycles. The number of nitrogens with zero attached hydrogens (tertiary/aromatic N) is 1. The minimum atomic E-state index is 0. The third-order valence-corrected chi connectivity index (χ3v) is 4.56. The highest BCUT2D eigenvalue weighted by Gasteiger charge is 2.17. The number of carbonyl (C=O) groups excluding carboxylic acids is 1. The molecule has 4 heteroatoms. The monoisotopic (exact) mass is 314 g/mol. The fraction of sp³-hybridized carbons (Fsp3) is 0.944. The highest BCUT2D eigenvalue weighted by Crippen LogP contribution is 2.19. The second kappa shape index (κ2) is 11.9. The van der Waals surface area contributed by atoms with Crippen molar-refractivity contribution in [3.05, 3.63) is 0 Å². The number of ether oxygens (including phenoxy) is 1. The summed E-state index contributed by atoms with van der Waals surface area (Å²) in [7, 11) is 0. The van der Waals surface area contributed by atoms with Crippen LogP contribution in [-0.2, 0) is 9.53 Å². The number of hydrogen-bond donors (Lipinski definition) is 1. The highest BCUT2D eigenvalue weighted by molar-refractivity contribution is 5.75. The van der Waals surface area contributed by atoms with Gasteiger partial charge in [-0.2, -0.15) is 0 Å². The van der Waals surface area contributed by atoms with E-state index in [0.29, 0.717) is 18.9 Å². The van der Waals surface area contributed by atoms with Gasteiger partial charge in [-0.15, -0.1) is 0 Å². The van der Waals surface area contributed by atoms with E-state index in [2.05, 4.69) is 31.0 Å². The number of hydrogen-bond acceptors (Lipinski definition) is 3. The van der Waals surface area contributed by atoms with Gasteiger partial charge >= 0.3 is 0 Å². The van der Waals surface area contributed by atoms with Crippen molar-refractivity contribution in [1.29, 1.82) is 0 Å². The number of carbonyl (C=O) groups is 1. The van der Waals surface area contributed by atoms with E-state index in [1.54, 1.807) is 0 Å². The van der Waals surface area contributed by atoms with Gasteiger partial charge in [-0.3, -0.25) is 4.79 Å². The molecule has 0 unspecified atom stereocenters. The Morgan fingerprint density at radius 2 is 2.05 bits per heavy atom. The van der Waals surface area contributed by atoms with Gasteiger partial charge in [0.2, 0.25) is 5.91 Å². The van der Waals surface area contributed by atoms with Gasteiger partial charge in [-0.1, -0.05) is 20.8 Å². The normalized spacial score (nSPS) is 17.1. The first-order valence-corrected chi connectivity index (χ1v) is 9.18. The number of piperidine rings is 1. The van der Waals surface area contributed by atoms with Crippen molar-refractivity contribution in [1.82, 2.24) is 10.2 Å². The number of amides is 1. The molecule has 0 aromatic heterocycles. The maximum atomic E-state index is 11.7. The Bertz CT molecular complexity index is 293. The summed E-state index contributed by atoms with van der Waals surface area (Å²) in [6, 6.07) is 0. The van der Waals surface area contributed by atoms with E-state index < -0.39 is 0 Å². The topological polar surface area (TPSA) is 41.6 Å². The molecule has 1 N–H and O–H groups in total. The van der Waals surface area contributed by atoms with Gasteiger partial charge in [-0.25, -0.2) is 0 Å². The van der Waals surface area contributed by atoms with Crippen molar-refractivity contribution in [2.75, 3.05) is 39.4 Å². The Labute approximate surface area is 138 Å². The third kappa shape index (κ3) is 9.42. The van der Waals surface area contributed by atoms with E-state index in [1.807, 2.05) is 0 Å². The molecule has 22 heavy (non-hydrogen) atoms. The molecule has 0 aromatic carbocycles. The number of rotatable bonds is 11. The Hall–Kier alpha value is -0.610. The van der Waals surface area contributed by atoms with Crippen molar-refractivity contribution in [2.45, 2.75) is 59.3 Å². The van der Waals surface area contributed by atoms with Crippen LogP contribution in [0, 0.1) is 11.8 Å². The van der Waals surface area contributed by atoms with Crippen molar-refractivity contribution < 1.29 is 11.0 Å². The summed E-state index contributed by atoms with van der Waals surface area (Å²) in [5, 5.41) is 3.06. The van der Waals surface area contributed by atoms with E-state index >= 15 is 0 Å². The van der Waals surface area contributed by atoms with Crippen LogP contribution in [0.25, 0.3) is 0 Å². The Balaban J connectivity index is 0.00000484. The zero-order valence-electron chi connectivity index (χ0n) is 14.9. The molecule has 1 aliphatic rings. The van der Waals surface area contributed by atoms with Crippen LogP contribution < -0.4 is 5.32 Å². The van der Waals surface area contributed by atoms with Gasteiger partial charge in [0.1, 0.15) is 0 Å². The fourth-order valence-electron chi connectivity index (χ4n) is 2.85. The summed E-state index contributed by atoms with van der Waals surface area (Å²) < 4.78 is 5.53. The predicted octanol–water partition coefficient (Wildman–Crippen LogP) is 3.31. The molecule has 1 saturated heterocycles. The molecule has 0 aliphatic carbocycles. The van der Waals surface area contributed by atoms with Crippen LogP contribution in [0.2, 0.25) is 0 Å². The lowest BCUT2D eigenvalue weighted by Crippen LogP contribution is -2.35. The lowest BCUT2D eigenvalue weighted by atomic mass is 9.93. The second-order valence-corrected chi connectivity index (χ2v) is 6.91. The minimum absolute atomic E-state index is 0. The van der Waals surface area contributed by atoms with Crippen LogP contribution in [0.1, 0.15) is 60.7 Å². The molecule has 0 spiro atoms. The quantitative estimate of drug-likeness (QED) is 0.595. The molecular formula is C18H38N2O2. The highest BCUT2D eigenvalue weighted by atomic mass is 16.5. The summed E-state index contributed by atoms with van der Waals surface area (Å²) in [6.45, 7) is 12.6. The molecule has 0 radical (unpaired) electrons. The van der Waals surface area contributed by atoms with E-state index in [0.717, 1.165) is 38.3 Å². The fourth-order valence-corrected chi connectivity index (χ4v) is 2.85. The number of likely N-dealkylation sites (tertiary alicyclic amines) is 1. The van der Waals surface area contributed by atoms with Gasteiger partial charge in [0.05, 0.1) is 0 Å². The lowest BCUT2D eigenvalue weighted by molar-refractivity contribution is -0.121. The molecule has 1 rings (SSSR count). The third-order valence-electron chi connectivity index (χ3n) is 4.56. The van der Waals surface area contributed by atoms with E-state index in [9.17, 15) is 4.79 Å². The molecule has 4 nitrogen and oxygen atoms in total. The molecule has 0 saturated carbocycles. The summed E-state index contributed by atoms with van der Waals surface area (Å²) >= 11 is 0. The molecule has 0 aromatic rings. The summed E-state index contributed by atoms with van der Waals surface area (Å²) in [4.78, 5) is 14.3. The van der Waals surface area contributed by atoms with E-state index in [1.165, 1.54) is 32.5 Å². The minimum Gasteiger partial charge on any atom is -0.381 e. The van der Waals surface area contributed by atoms with E-state index in [4.69, 9.17) is 4.74 Å². The SMILES string of the molecule is CCN1CCC(CCNC(=O)CCCOCCC(C)C)CC1.[HH]. The number of nitrogens with one attached hydrogen (secondary N) is 1. The first kappa shape index (κ1) is 19.4. The van der Waals surface area contributed by atoms with Gasteiger partial charge in [0.25, 0.3) is 0 Å². The average Bonchev–Trinajstić information content (AvgIpc) is 2.51. The summed E-state index contributed by atoms with van der Waals surface area (Å²) in [5.41, 5.74) is 0. The van der Waals surface area contributed by atoms with E-state index in [-0.39, 0.29) is 7.33 Å². The Morgan fingerprint density at radius 1 is 1.32 bits per heavy atom. The second-order valence-electron chi connectivity index (χ2n) is 6.91. The van der Waals surface area contributed by atoms with Gasteiger partial charge in [0, 0.05) is 27.6 Å². The maximum Gasteiger partial charge on any atom is 0.220 e. The molecule has 132 valence electrons. The Kier molecular flexibility index (Phi) is 10.5. The van der Waals surface area contributed by atoms with Gasteiger partial charge in [-0.05, 0) is 63.6 Å². The summed E-state index contributed by atoms with van der Waals surface area (Å²) in [6.07, 6.45) is 6.23. The first-order chi connectivity index (χ1) is 10.6. The van der Waals surface area contributed by atoms with Gasteiger partial charge < -0.3 is 15.0 Å². The van der Waals surface area contributed by atoms with Crippen LogP contribution in [-0.4, -0.2) is 50.2 Å². The molecule has 1 fully saturated rings. The largest absolute Gasteiger partial charge is 0.381 e. The van der Waals surface area contributed by atoms with Crippen molar-refractivity contribution in [3.63, 3.8) is 0 Å². The average molecular weight is 315 g/mol. The van der Waals surface area contributed by atoms with Crippen molar-refractivity contribution in [3.8, 4) is 0 Å². The molecule has 0 bridgehead atoms. The molecule has 1 heterocycles. The van der Waals surface area contributed by atoms with Crippen molar-refractivity contribution in [2.24, 2.45) is 11.8 Å². The van der Waals surface area contributed by atoms with Crippen LogP contribution in [0.15, 0.2) is 0 Å². The van der Waals surface area contributed by atoms with Crippen LogP contribution in [0.3, 0.4) is 0 Å². The molecule has 0 atom stereocenters. The smallest absolute Gasteiger partial charge is 0.220 e. The molecular weight excluding hydrogens is 276 g/mol. The standard InChI is InChI=1S/C18H36N2O2.H2/c1-4-20-12-8-17(9-13-20)7-11-19-18(21)6-5-14-22-15-10-16(2)3;/h16-17H,4-15H2,1-3H3,(H,19,21);1H. The predicted molar refractivity (Wildman–Crippen MR) is 94.1 cm³/mol. The zero-order valence-corrected chi connectivity index (χ0v) is 14.9. The molecule has 1 amide bonds. The summed E-state index contributed by atoms with van der Waals surface area (Å²) in [5.74, 6) is 1.66. The van der Waals surface area contributed by atoms with Crippen LogP contribution in [0.5, 0.6) is 0 Å². The maximum absolute atomic E-state index is 11.7. The van der Waals surface area contributed by atoms with Crippen LogP contribution >= 0.6 is 0 Å². The van der Waals surface area contributed by atoms with Gasteiger partial charge in [0.15, 0.2) is 0 Å². The van der Waals surface area contributed by atoms with Crippen LogP contribution in [0.4, 0.5) is 0 Å².